The molecule has 7 heteroatoms. The lowest BCUT2D eigenvalue weighted by Gasteiger charge is -2.24. The Bertz CT molecular complexity index is 203. The van der Waals surface area contributed by atoms with Crippen LogP contribution in [0.4, 0.5) is 0 Å². The van der Waals surface area contributed by atoms with Crippen molar-refractivity contribution in [3.8, 4) is 0 Å². The number of hydrogen-bond acceptors (Lipinski definition) is 5. The first-order valence-corrected chi connectivity index (χ1v) is 4.95. The lowest BCUT2D eigenvalue weighted by molar-refractivity contribution is -0.143. The van der Waals surface area contributed by atoms with Crippen LogP contribution in [0, 0.1) is 0 Å². The maximum Gasteiger partial charge on any atom is 0.451 e. The fourth-order valence-corrected chi connectivity index (χ4v) is 1.35. The summed E-state index contributed by atoms with van der Waals surface area (Å²) in [6.07, 6.45) is 1.67. The predicted molar refractivity (Wildman–Crippen MR) is 57.3 cm³/mol. The zero-order chi connectivity index (χ0) is 11.9. The number of nitrogens with one attached hydrogen (secondary N) is 1. The number of carboxylic acids is 1. The molecule has 0 bridgehead atoms. The van der Waals surface area contributed by atoms with Crippen molar-refractivity contribution in [2.24, 2.45) is 5.73 Å². The smallest absolute Gasteiger partial charge is 0.451 e. The second-order valence-electron chi connectivity index (χ2n) is 3.72. The van der Waals surface area contributed by atoms with E-state index < -0.39 is 18.6 Å². The van der Waals surface area contributed by atoms with Crippen LogP contribution in [-0.4, -0.2) is 47.4 Å². The first kappa shape index (κ1) is 14.4. The van der Waals surface area contributed by atoms with Crippen molar-refractivity contribution in [2.45, 2.75) is 31.1 Å². The fraction of sp³-hybridized carbons (Fsp3) is 0.875. The molecule has 15 heavy (non-hydrogen) atoms. The van der Waals surface area contributed by atoms with Crippen LogP contribution >= 0.6 is 0 Å². The molecule has 0 aliphatic rings. The highest BCUT2D eigenvalue weighted by Gasteiger charge is 2.32. The summed E-state index contributed by atoms with van der Waals surface area (Å²) in [5, 5.41) is 28.8. The number of likely N-dealkylation sites (N-methyl/N-ethyl adjacent to an activating group) is 1. The van der Waals surface area contributed by atoms with Crippen LogP contribution in [0.5, 0.6) is 0 Å². The van der Waals surface area contributed by atoms with Gasteiger partial charge in [0.2, 0.25) is 0 Å². The molecule has 6 nitrogen and oxygen atoms in total. The molecule has 0 aliphatic heterocycles. The number of hydrogen-bond donors (Lipinski definition) is 5. The van der Waals surface area contributed by atoms with Gasteiger partial charge in [0, 0.05) is 6.54 Å². The van der Waals surface area contributed by atoms with Crippen LogP contribution in [0.2, 0.25) is 6.32 Å². The van der Waals surface area contributed by atoms with E-state index in [2.05, 4.69) is 5.32 Å². The average molecular weight is 218 g/mol. The molecule has 0 aliphatic carbocycles. The fourth-order valence-electron chi connectivity index (χ4n) is 1.35. The Hall–Kier alpha value is -0.625. The van der Waals surface area contributed by atoms with Crippen molar-refractivity contribution in [1.82, 2.24) is 5.32 Å². The highest BCUT2D eigenvalue weighted by atomic mass is 16.4. The number of aliphatic carboxylic acids is 1. The van der Waals surface area contributed by atoms with Gasteiger partial charge in [0.05, 0.1) is 0 Å². The van der Waals surface area contributed by atoms with E-state index in [-0.39, 0.29) is 12.9 Å². The van der Waals surface area contributed by atoms with E-state index in [1.165, 1.54) is 0 Å². The van der Waals surface area contributed by atoms with Crippen LogP contribution in [0.25, 0.3) is 0 Å². The molecule has 0 spiro atoms. The van der Waals surface area contributed by atoms with Crippen LogP contribution < -0.4 is 11.1 Å². The molecule has 0 aromatic heterocycles. The normalized spacial score (nSPS) is 14.7. The van der Waals surface area contributed by atoms with E-state index in [0.29, 0.717) is 19.3 Å². The summed E-state index contributed by atoms with van der Waals surface area (Å²) in [7, 11) is 0.313. The Labute approximate surface area is 89.6 Å². The molecule has 0 aromatic rings. The second-order valence-corrected chi connectivity index (χ2v) is 3.72. The molecule has 1 atom stereocenters. The molecule has 6 N–H and O–H groups in total. The maximum absolute atomic E-state index is 10.9. The Balaban J connectivity index is 3.92. The third-order valence-corrected chi connectivity index (χ3v) is 2.25. The van der Waals surface area contributed by atoms with Gasteiger partial charge in [-0.25, -0.2) is 0 Å². The van der Waals surface area contributed by atoms with E-state index in [1.54, 1.807) is 7.05 Å². The summed E-state index contributed by atoms with van der Waals surface area (Å²) in [4.78, 5) is 10.9. The third kappa shape index (κ3) is 5.73. The van der Waals surface area contributed by atoms with Crippen molar-refractivity contribution in [3.05, 3.63) is 0 Å². The van der Waals surface area contributed by atoms with E-state index in [1.807, 2.05) is 0 Å². The van der Waals surface area contributed by atoms with E-state index in [0.717, 1.165) is 0 Å². The highest BCUT2D eigenvalue weighted by Crippen LogP contribution is 2.12. The van der Waals surface area contributed by atoms with Crippen LogP contribution in [0.3, 0.4) is 0 Å². The number of rotatable bonds is 8. The van der Waals surface area contributed by atoms with Gasteiger partial charge in [-0.05, 0) is 19.8 Å². The molecule has 0 saturated heterocycles. The molecule has 0 saturated carbocycles. The Morgan fingerprint density at radius 1 is 1.47 bits per heavy atom. The van der Waals surface area contributed by atoms with Crippen LogP contribution in [-0.2, 0) is 4.79 Å². The molecule has 0 aromatic carbocycles. The third-order valence-electron chi connectivity index (χ3n) is 2.25. The molecule has 0 radical (unpaired) electrons. The van der Waals surface area contributed by atoms with Gasteiger partial charge in [-0.1, -0.05) is 12.8 Å². The van der Waals surface area contributed by atoms with Gasteiger partial charge in [0.15, 0.2) is 0 Å². The predicted octanol–water partition coefficient (Wildman–Crippen LogP) is -1.37. The zero-order valence-corrected chi connectivity index (χ0v) is 8.94. The molecule has 1 unspecified atom stereocenters. The Morgan fingerprint density at radius 2 is 2.07 bits per heavy atom. The van der Waals surface area contributed by atoms with Gasteiger partial charge in [0.1, 0.15) is 5.54 Å². The van der Waals surface area contributed by atoms with Gasteiger partial charge in [-0.2, -0.15) is 0 Å². The number of unbranched alkanes of at least 4 members (excludes halogenated alkanes) is 1. The maximum atomic E-state index is 10.9. The Morgan fingerprint density at radius 3 is 2.47 bits per heavy atom. The summed E-state index contributed by atoms with van der Waals surface area (Å²) >= 11 is 0. The largest absolute Gasteiger partial charge is 0.480 e. The van der Waals surface area contributed by atoms with Crippen molar-refractivity contribution in [2.75, 3.05) is 13.6 Å². The summed E-state index contributed by atoms with van der Waals surface area (Å²) in [5.74, 6) is -1.04. The molecular formula is C8H19BN2O4. The number of carboxylic acid groups (broad SMARTS) is 1. The van der Waals surface area contributed by atoms with Crippen molar-refractivity contribution in [1.29, 1.82) is 0 Å². The van der Waals surface area contributed by atoms with Crippen molar-refractivity contribution in [3.63, 3.8) is 0 Å². The topological polar surface area (TPSA) is 116 Å². The minimum atomic E-state index is -1.33. The first-order valence-electron chi connectivity index (χ1n) is 4.95. The summed E-state index contributed by atoms with van der Waals surface area (Å²) < 4.78 is 0. The molecule has 0 fully saturated rings. The van der Waals surface area contributed by atoms with Gasteiger partial charge in [0.25, 0.3) is 0 Å². The quantitative estimate of drug-likeness (QED) is 0.253. The minimum absolute atomic E-state index is 0.198. The minimum Gasteiger partial charge on any atom is -0.480 e. The first-order chi connectivity index (χ1) is 6.92. The zero-order valence-electron chi connectivity index (χ0n) is 8.94. The summed E-state index contributed by atoms with van der Waals surface area (Å²) in [6.45, 7) is 0.198. The van der Waals surface area contributed by atoms with E-state index >= 15 is 0 Å². The second kappa shape index (κ2) is 6.78. The van der Waals surface area contributed by atoms with Crippen LogP contribution in [0.1, 0.15) is 19.3 Å². The highest BCUT2D eigenvalue weighted by molar-refractivity contribution is 6.40. The molecule has 0 heterocycles. The molecule has 88 valence electrons. The Kier molecular flexibility index (Phi) is 6.50. The monoisotopic (exact) mass is 218 g/mol. The average Bonchev–Trinajstić information content (AvgIpc) is 2.12. The van der Waals surface area contributed by atoms with E-state index in [9.17, 15) is 4.79 Å². The molecule has 0 rings (SSSR count). The van der Waals surface area contributed by atoms with Gasteiger partial charge < -0.3 is 26.2 Å². The van der Waals surface area contributed by atoms with Gasteiger partial charge >= 0.3 is 13.1 Å². The van der Waals surface area contributed by atoms with Crippen LogP contribution in [0.15, 0.2) is 0 Å². The standard InChI is InChI=1S/C8H19BN2O4/c1-11-6-8(10,7(12)13)4-2-3-5-9(14)15/h11,14-15H,2-6,10H2,1H3,(H,12,13). The van der Waals surface area contributed by atoms with E-state index in [4.69, 9.17) is 20.9 Å². The van der Waals surface area contributed by atoms with Crippen molar-refractivity contribution < 1.29 is 19.9 Å². The molecule has 0 amide bonds. The van der Waals surface area contributed by atoms with Crippen molar-refractivity contribution >= 4 is 13.1 Å². The SMILES string of the molecule is CNCC(N)(CCCCB(O)O)C(=O)O. The number of nitrogens with two attached hydrogens (primary N) is 1. The number of carbonyl (C=O) groups is 1. The lowest BCUT2D eigenvalue weighted by atomic mass is 9.82. The van der Waals surface area contributed by atoms with Gasteiger partial charge in [-0.15, -0.1) is 0 Å². The summed E-state index contributed by atoms with van der Waals surface area (Å²) in [6, 6.07) is 0. The summed E-state index contributed by atoms with van der Waals surface area (Å²) in [5.41, 5.74) is 4.41. The lowest BCUT2D eigenvalue weighted by Crippen LogP contribution is -2.54. The van der Waals surface area contributed by atoms with Gasteiger partial charge in [-0.3, -0.25) is 4.79 Å². The molecular weight excluding hydrogens is 199 g/mol.